The lowest BCUT2D eigenvalue weighted by atomic mass is 10.2. The zero-order valence-electron chi connectivity index (χ0n) is 10.9. The van der Waals surface area contributed by atoms with E-state index in [2.05, 4.69) is 5.32 Å². The van der Waals surface area contributed by atoms with Crippen molar-refractivity contribution in [3.8, 4) is 0 Å². The van der Waals surface area contributed by atoms with E-state index >= 15 is 0 Å². The molecule has 0 saturated heterocycles. The summed E-state index contributed by atoms with van der Waals surface area (Å²) in [5.41, 5.74) is 0. The summed E-state index contributed by atoms with van der Waals surface area (Å²) in [4.78, 5) is 24.2. The van der Waals surface area contributed by atoms with Crippen LogP contribution >= 0.6 is 11.8 Å². The topological polar surface area (TPSA) is 69.6 Å². The van der Waals surface area contributed by atoms with Crippen molar-refractivity contribution in [1.82, 2.24) is 10.2 Å². The summed E-state index contributed by atoms with van der Waals surface area (Å²) >= 11 is 1.67. The van der Waals surface area contributed by atoms with Gasteiger partial charge in [-0.15, -0.1) is 0 Å². The van der Waals surface area contributed by atoms with Gasteiger partial charge in [0.1, 0.15) is 6.04 Å². The van der Waals surface area contributed by atoms with E-state index < -0.39 is 12.0 Å². The Labute approximate surface area is 107 Å². The molecule has 0 aromatic carbocycles. The van der Waals surface area contributed by atoms with Crippen molar-refractivity contribution in [1.29, 1.82) is 0 Å². The number of carbonyl (C=O) groups excluding carboxylic acids is 1. The van der Waals surface area contributed by atoms with Crippen LogP contribution in [0.4, 0.5) is 4.79 Å². The van der Waals surface area contributed by atoms with E-state index in [0.29, 0.717) is 6.42 Å². The van der Waals surface area contributed by atoms with Crippen LogP contribution < -0.4 is 5.32 Å². The number of nitrogens with zero attached hydrogens (tertiary/aromatic N) is 1. The van der Waals surface area contributed by atoms with E-state index in [0.717, 1.165) is 12.2 Å². The molecule has 0 aliphatic heterocycles. The number of amides is 2. The number of carbonyl (C=O) groups is 2. The van der Waals surface area contributed by atoms with Gasteiger partial charge in [-0.1, -0.05) is 13.8 Å². The third-order valence-corrected chi connectivity index (χ3v) is 3.42. The number of thioether (sulfide) groups is 1. The van der Waals surface area contributed by atoms with Crippen molar-refractivity contribution in [3.05, 3.63) is 0 Å². The molecule has 0 aliphatic carbocycles. The molecule has 1 unspecified atom stereocenters. The highest BCUT2D eigenvalue weighted by atomic mass is 32.2. The van der Waals surface area contributed by atoms with Gasteiger partial charge in [0, 0.05) is 18.8 Å². The summed E-state index contributed by atoms with van der Waals surface area (Å²) in [5.74, 6) is -0.142. The first-order valence-corrected chi connectivity index (χ1v) is 7.12. The van der Waals surface area contributed by atoms with E-state index in [9.17, 15) is 9.59 Å². The van der Waals surface area contributed by atoms with Gasteiger partial charge in [-0.05, 0) is 19.1 Å². The van der Waals surface area contributed by atoms with Crippen LogP contribution in [-0.2, 0) is 4.79 Å². The van der Waals surface area contributed by atoms with E-state index in [4.69, 9.17) is 5.11 Å². The summed E-state index contributed by atoms with van der Waals surface area (Å²) in [5, 5.41) is 11.4. The van der Waals surface area contributed by atoms with Gasteiger partial charge >= 0.3 is 12.0 Å². The Bertz CT molecular complexity index is 261. The molecular formula is C11H22N2O3S. The molecule has 0 saturated carbocycles. The van der Waals surface area contributed by atoms with Crippen LogP contribution in [0.3, 0.4) is 0 Å². The van der Waals surface area contributed by atoms with Gasteiger partial charge < -0.3 is 15.3 Å². The van der Waals surface area contributed by atoms with Gasteiger partial charge in [-0.25, -0.2) is 9.59 Å². The highest BCUT2D eigenvalue weighted by Crippen LogP contribution is 2.08. The smallest absolute Gasteiger partial charge is 0.326 e. The Hall–Kier alpha value is -0.910. The molecular weight excluding hydrogens is 240 g/mol. The van der Waals surface area contributed by atoms with Crippen LogP contribution in [0.25, 0.3) is 0 Å². The van der Waals surface area contributed by atoms with Gasteiger partial charge in [0.2, 0.25) is 0 Å². The lowest BCUT2D eigenvalue weighted by molar-refractivity contribution is -0.139. The lowest BCUT2D eigenvalue weighted by Crippen LogP contribution is -2.50. The summed E-state index contributed by atoms with van der Waals surface area (Å²) < 4.78 is 0. The van der Waals surface area contributed by atoms with E-state index in [1.165, 1.54) is 0 Å². The largest absolute Gasteiger partial charge is 0.480 e. The third kappa shape index (κ3) is 5.30. The molecule has 0 rings (SSSR count). The van der Waals surface area contributed by atoms with Crippen LogP contribution in [0.15, 0.2) is 0 Å². The molecule has 0 fully saturated rings. The van der Waals surface area contributed by atoms with Crippen LogP contribution in [0.5, 0.6) is 0 Å². The molecule has 2 N–H and O–H groups in total. The Morgan fingerprint density at radius 2 is 1.94 bits per heavy atom. The van der Waals surface area contributed by atoms with Gasteiger partial charge in [-0.2, -0.15) is 11.8 Å². The monoisotopic (exact) mass is 262 g/mol. The molecule has 17 heavy (non-hydrogen) atoms. The minimum Gasteiger partial charge on any atom is -0.480 e. The highest BCUT2D eigenvalue weighted by molar-refractivity contribution is 7.98. The molecule has 6 heteroatoms. The van der Waals surface area contributed by atoms with Crippen molar-refractivity contribution in [2.24, 2.45) is 0 Å². The first-order valence-electron chi connectivity index (χ1n) is 5.72. The molecule has 2 amide bonds. The standard InChI is InChI=1S/C11H22N2O3S/c1-5-8(7-17-4)13(3)11(16)12-9(6-2)10(14)15/h8-9H,5-7H2,1-4H3,(H,12,16)(H,14,15)/t8?,9-/m1/s1. The average Bonchev–Trinajstić information content (AvgIpc) is 2.31. The molecule has 5 nitrogen and oxygen atoms in total. The molecule has 0 heterocycles. The average molecular weight is 262 g/mol. The number of rotatable bonds is 7. The summed E-state index contributed by atoms with van der Waals surface area (Å²) in [7, 11) is 1.70. The van der Waals surface area contributed by atoms with Gasteiger partial charge in [0.05, 0.1) is 0 Å². The first kappa shape index (κ1) is 16.1. The van der Waals surface area contributed by atoms with Crippen LogP contribution in [0.1, 0.15) is 26.7 Å². The van der Waals surface area contributed by atoms with Crippen LogP contribution in [0.2, 0.25) is 0 Å². The molecule has 0 radical (unpaired) electrons. The Balaban J connectivity index is 4.42. The summed E-state index contributed by atoms with van der Waals surface area (Å²) in [6, 6.07) is -0.992. The zero-order chi connectivity index (χ0) is 13.4. The highest BCUT2D eigenvalue weighted by Gasteiger charge is 2.23. The first-order chi connectivity index (χ1) is 7.97. The Morgan fingerprint density at radius 3 is 2.29 bits per heavy atom. The fourth-order valence-corrected chi connectivity index (χ4v) is 2.30. The molecule has 0 aromatic rings. The lowest BCUT2D eigenvalue weighted by Gasteiger charge is -2.28. The van der Waals surface area contributed by atoms with E-state index in [-0.39, 0.29) is 12.1 Å². The second kappa shape index (κ2) is 8.22. The predicted molar refractivity (Wildman–Crippen MR) is 70.5 cm³/mol. The molecule has 0 aliphatic rings. The number of urea groups is 1. The second-order valence-electron chi connectivity index (χ2n) is 3.88. The minimum atomic E-state index is -0.993. The zero-order valence-corrected chi connectivity index (χ0v) is 11.7. The van der Waals surface area contributed by atoms with Gasteiger partial charge in [-0.3, -0.25) is 0 Å². The molecule has 2 atom stereocenters. The number of carboxylic acids is 1. The molecule has 0 spiro atoms. The number of carboxylic acid groups (broad SMARTS) is 1. The number of hydrogen-bond donors (Lipinski definition) is 2. The van der Waals surface area contributed by atoms with E-state index in [1.54, 1.807) is 30.6 Å². The van der Waals surface area contributed by atoms with Crippen molar-refractivity contribution >= 4 is 23.8 Å². The number of aliphatic carboxylic acids is 1. The maximum Gasteiger partial charge on any atom is 0.326 e. The van der Waals surface area contributed by atoms with Gasteiger partial charge in [0.15, 0.2) is 0 Å². The normalized spacial score (nSPS) is 13.9. The quantitative estimate of drug-likeness (QED) is 0.731. The fourth-order valence-electron chi connectivity index (χ4n) is 1.45. The SMILES string of the molecule is CCC(CSC)N(C)C(=O)N[C@H](CC)C(=O)O. The Kier molecular flexibility index (Phi) is 7.78. The molecule has 0 bridgehead atoms. The minimum absolute atomic E-state index is 0.135. The van der Waals surface area contributed by atoms with Crippen molar-refractivity contribution in [3.63, 3.8) is 0 Å². The fraction of sp³-hybridized carbons (Fsp3) is 0.818. The molecule has 0 aromatic heterocycles. The molecule has 100 valence electrons. The summed E-state index contributed by atoms with van der Waals surface area (Å²) in [6.07, 6.45) is 3.23. The maximum atomic E-state index is 11.8. The van der Waals surface area contributed by atoms with Crippen molar-refractivity contribution in [2.75, 3.05) is 19.1 Å². The van der Waals surface area contributed by atoms with Crippen molar-refractivity contribution < 1.29 is 14.7 Å². The van der Waals surface area contributed by atoms with Crippen LogP contribution in [-0.4, -0.2) is 53.1 Å². The van der Waals surface area contributed by atoms with Gasteiger partial charge in [0.25, 0.3) is 0 Å². The van der Waals surface area contributed by atoms with Crippen molar-refractivity contribution in [2.45, 2.75) is 38.8 Å². The Morgan fingerprint density at radius 1 is 1.35 bits per heavy atom. The second-order valence-corrected chi connectivity index (χ2v) is 4.79. The maximum absolute atomic E-state index is 11.8. The predicted octanol–water partition coefficient (Wildman–Crippen LogP) is 1.63. The van der Waals surface area contributed by atoms with Crippen LogP contribution in [0, 0.1) is 0 Å². The number of nitrogens with one attached hydrogen (secondary N) is 1. The summed E-state index contributed by atoms with van der Waals surface area (Å²) in [6.45, 7) is 3.75. The number of hydrogen-bond acceptors (Lipinski definition) is 3. The third-order valence-electron chi connectivity index (χ3n) is 2.70. The van der Waals surface area contributed by atoms with E-state index in [1.807, 2.05) is 13.2 Å².